The molecule has 2 aromatic carbocycles. The number of anilines is 1. The Bertz CT molecular complexity index is 744. The van der Waals surface area contributed by atoms with Crippen LogP contribution in [0.5, 0.6) is 0 Å². The summed E-state index contributed by atoms with van der Waals surface area (Å²) >= 11 is 0. The number of aliphatic hydroxyl groups is 1. The van der Waals surface area contributed by atoms with Crippen LogP contribution in [0.15, 0.2) is 42.5 Å². The van der Waals surface area contributed by atoms with Gasteiger partial charge >= 0.3 is 0 Å². The number of carbonyl (C=O) groups is 1. The first-order valence-corrected chi connectivity index (χ1v) is 7.85. The quantitative estimate of drug-likeness (QED) is 0.847. The number of benzene rings is 2. The molecule has 0 aromatic heterocycles. The molecule has 2 N–H and O–H groups in total. The third-order valence-electron chi connectivity index (χ3n) is 4.49. The minimum absolute atomic E-state index is 0.0418. The molecule has 1 unspecified atom stereocenters. The zero-order chi connectivity index (χ0) is 16.4. The minimum atomic E-state index is -1.00. The number of carbonyl (C=O) groups excluding carboxylic acids is 1. The van der Waals surface area contributed by atoms with Gasteiger partial charge in [0, 0.05) is 12.2 Å². The van der Waals surface area contributed by atoms with Crippen LogP contribution in [0.3, 0.4) is 0 Å². The zero-order valence-electron chi connectivity index (χ0n) is 13.1. The second-order valence-corrected chi connectivity index (χ2v) is 6.11. The van der Waals surface area contributed by atoms with E-state index in [2.05, 4.69) is 5.32 Å². The van der Waals surface area contributed by atoms with E-state index in [1.807, 2.05) is 24.3 Å². The molecule has 0 saturated carbocycles. The molecule has 1 atom stereocenters. The SMILES string of the molecule is CC(=O)c1c(F)cccc1NCC1(O)CCCc2ccccc21. The van der Waals surface area contributed by atoms with Crippen LogP contribution in [0.25, 0.3) is 0 Å². The van der Waals surface area contributed by atoms with Gasteiger partial charge in [-0.1, -0.05) is 30.3 Å². The highest BCUT2D eigenvalue weighted by Gasteiger charge is 2.34. The molecule has 2 aromatic rings. The first-order valence-electron chi connectivity index (χ1n) is 7.85. The summed E-state index contributed by atoms with van der Waals surface area (Å²) in [5.41, 5.74) is 1.53. The number of halogens is 1. The van der Waals surface area contributed by atoms with E-state index in [0.717, 1.165) is 24.0 Å². The highest BCUT2D eigenvalue weighted by Crippen LogP contribution is 2.35. The molecule has 1 aliphatic carbocycles. The molecule has 0 bridgehead atoms. The number of Topliss-reactive ketones (excluding diaryl/α,β-unsaturated/α-hetero) is 1. The smallest absolute Gasteiger partial charge is 0.164 e. The Labute approximate surface area is 135 Å². The van der Waals surface area contributed by atoms with Gasteiger partial charge < -0.3 is 10.4 Å². The fraction of sp³-hybridized carbons (Fsp3) is 0.316. The second-order valence-electron chi connectivity index (χ2n) is 6.11. The van der Waals surface area contributed by atoms with Gasteiger partial charge in [0.25, 0.3) is 0 Å². The van der Waals surface area contributed by atoms with E-state index in [9.17, 15) is 14.3 Å². The molecular weight excluding hydrogens is 293 g/mol. The average Bonchev–Trinajstić information content (AvgIpc) is 2.53. The Hall–Kier alpha value is -2.20. The van der Waals surface area contributed by atoms with E-state index >= 15 is 0 Å². The van der Waals surface area contributed by atoms with Crippen LogP contribution in [0.1, 0.15) is 41.3 Å². The van der Waals surface area contributed by atoms with Crippen molar-refractivity contribution in [3.8, 4) is 0 Å². The first-order chi connectivity index (χ1) is 11.0. The zero-order valence-corrected chi connectivity index (χ0v) is 13.1. The molecule has 0 saturated heterocycles. The van der Waals surface area contributed by atoms with Gasteiger partial charge in [0.1, 0.15) is 11.4 Å². The maximum absolute atomic E-state index is 13.9. The summed E-state index contributed by atoms with van der Waals surface area (Å²) < 4.78 is 13.9. The van der Waals surface area contributed by atoms with Crippen molar-refractivity contribution in [2.24, 2.45) is 0 Å². The molecule has 4 heteroatoms. The molecule has 3 rings (SSSR count). The second kappa shape index (κ2) is 6.13. The lowest BCUT2D eigenvalue weighted by molar-refractivity contribution is 0.0322. The molecule has 0 heterocycles. The van der Waals surface area contributed by atoms with Gasteiger partial charge in [-0.15, -0.1) is 0 Å². The van der Waals surface area contributed by atoms with E-state index in [-0.39, 0.29) is 17.9 Å². The predicted octanol–water partition coefficient (Wildman–Crippen LogP) is 3.66. The normalized spacial score (nSPS) is 20.0. The summed E-state index contributed by atoms with van der Waals surface area (Å²) in [5.74, 6) is -0.875. The van der Waals surface area contributed by atoms with Crippen molar-refractivity contribution in [1.82, 2.24) is 0 Å². The van der Waals surface area contributed by atoms with Crippen LogP contribution in [0.2, 0.25) is 0 Å². The molecule has 0 amide bonds. The Morgan fingerprint density at radius 2 is 2.04 bits per heavy atom. The van der Waals surface area contributed by atoms with Crippen molar-refractivity contribution in [1.29, 1.82) is 0 Å². The molecule has 1 aliphatic rings. The van der Waals surface area contributed by atoms with Crippen molar-refractivity contribution in [3.05, 3.63) is 65.0 Å². The summed E-state index contributed by atoms with van der Waals surface area (Å²) in [6, 6.07) is 12.3. The fourth-order valence-corrected chi connectivity index (χ4v) is 3.35. The Morgan fingerprint density at radius 1 is 1.26 bits per heavy atom. The molecule has 0 fully saturated rings. The summed E-state index contributed by atoms with van der Waals surface area (Å²) in [6.45, 7) is 1.59. The third kappa shape index (κ3) is 2.99. The summed E-state index contributed by atoms with van der Waals surface area (Å²) in [6.07, 6.45) is 2.50. The molecule has 120 valence electrons. The molecular formula is C19H20FNO2. The van der Waals surface area contributed by atoms with Gasteiger partial charge in [0.05, 0.1) is 5.56 Å². The van der Waals surface area contributed by atoms with Gasteiger partial charge in [0.2, 0.25) is 0 Å². The summed E-state index contributed by atoms with van der Waals surface area (Å²) in [5, 5.41) is 14.1. The minimum Gasteiger partial charge on any atom is -0.383 e. The number of aryl methyl sites for hydroxylation is 1. The highest BCUT2D eigenvalue weighted by atomic mass is 19.1. The first kappa shape index (κ1) is 15.7. The van der Waals surface area contributed by atoms with Gasteiger partial charge in [-0.25, -0.2) is 4.39 Å². The Balaban J connectivity index is 1.87. The van der Waals surface area contributed by atoms with E-state index in [0.29, 0.717) is 12.1 Å². The lowest BCUT2D eigenvalue weighted by Gasteiger charge is -2.35. The Kier molecular flexibility index (Phi) is 4.18. The lowest BCUT2D eigenvalue weighted by Crippen LogP contribution is -2.37. The Morgan fingerprint density at radius 3 is 2.83 bits per heavy atom. The number of fused-ring (bicyclic) bond motifs is 1. The number of rotatable bonds is 4. The lowest BCUT2D eigenvalue weighted by atomic mass is 9.79. The largest absolute Gasteiger partial charge is 0.383 e. The van der Waals surface area contributed by atoms with Crippen LogP contribution < -0.4 is 5.32 Å². The molecule has 23 heavy (non-hydrogen) atoms. The molecule has 0 aliphatic heterocycles. The van der Waals surface area contributed by atoms with Crippen LogP contribution in [-0.2, 0) is 12.0 Å². The topological polar surface area (TPSA) is 49.3 Å². The van der Waals surface area contributed by atoms with Crippen LogP contribution in [0, 0.1) is 5.82 Å². The van der Waals surface area contributed by atoms with Gasteiger partial charge in [-0.2, -0.15) is 0 Å². The van der Waals surface area contributed by atoms with Crippen LogP contribution in [0.4, 0.5) is 10.1 Å². The van der Waals surface area contributed by atoms with Crippen molar-refractivity contribution < 1.29 is 14.3 Å². The molecule has 0 radical (unpaired) electrons. The monoisotopic (exact) mass is 313 g/mol. The average molecular weight is 313 g/mol. The molecule has 0 spiro atoms. The van der Waals surface area contributed by atoms with Crippen LogP contribution >= 0.6 is 0 Å². The maximum atomic E-state index is 13.9. The third-order valence-corrected chi connectivity index (χ3v) is 4.49. The van der Waals surface area contributed by atoms with Crippen molar-refractivity contribution in [3.63, 3.8) is 0 Å². The number of ketones is 1. The summed E-state index contributed by atoms with van der Waals surface area (Å²) in [4.78, 5) is 11.7. The van der Waals surface area contributed by atoms with Gasteiger partial charge in [-0.3, -0.25) is 4.79 Å². The maximum Gasteiger partial charge on any atom is 0.164 e. The van der Waals surface area contributed by atoms with Gasteiger partial charge in [0.15, 0.2) is 5.78 Å². The van der Waals surface area contributed by atoms with Crippen molar-refractivity contribution in [2.45, 2.75) is 31.8 Å². The van der Waals surface area contributed by atoms with Crippen LogP contribution in [-0.4, -0.2) is 17.4 Å². The van der Waals surface area contributed by atoms with Crippen molar-refractivity contribution >= 4 is 11.5 Å². The standard InChI is InChI=1S/C19H20FNO2/c1-13(22)18-16(20)9-4-10-17(18)21-12-19(23)11-5-7-14-6-2-3-8-15(14)19/h2-4,6,8-10,21,23H,5,7,11-12H2,1H3. The van der Waals surface area contributed by atoms with Crippen molar-refractivity contribution in [2.75, 3.05) is 11.9 Å². The fourth-order valence-electron chi connectivity index (χ4n) is 3.35. The van der Waals surface area contributed by atoms with E-state index in [1.54, 1.807) is 12.1 Å². The molecule has 3 nitrogen and oxygen atoms in total. The van der Waals surface area contributed by atoms with Gasteiger partial charge in [-0.05, 0) is 49.4 Å². The highest BCUT2D eigenvalue weighted by molar-refractivity contribution is 5.99. The number of nitrogens with one attached hydrogen (secondary N) is 1. The number of hydrogen-bond donors (Lipinski definition) is 2. The summed E-state index contributed by atoms with van der Waals surface area (Å²) in [7, 11) is 0. The van der Waals surface area contributed by atoms with E-state index in [1.165, 1.54) is 13.0 Å². The number of hydrogen-bond acceptors (Lipinski definition) is 3. The predicted molar refractivity (Wildman–Crippen MR) is 88.2 cm³/mol. The van der Waals surface area contributed by atoms with E-state index < -0.39 is 11.4 Å². The van der Waals surface area contributed by atoms with E-state index in [4.69, 9.17) is 0 Å².